The molecule has 0 fully saturated rings. The number of halogens is 1. The molecule has 0 aliphatic rings. The Kier molecular flexibility index (Phi) is 3.75. The Morgan fingerprint density at radius 2 is 1.81 bits per heavy atom. The summed E-state index contributed by atoms with van der Waals surface area (Å²) in [4.78, 5) is 1.06. The summed E-state index contributed by atoms with van der Waals surface area (Å²) in [5, 5.41) is 9.69. The van der Waals surface area contributed by atoms with Crippen molar-refractivity contribution >= 4 is 23.4 Å². The Hall–Kier alpha value is -1.12. The van der Waals surface area contributed by atoms with Crippen LogP contribution in [0.1, 0.15) is 5.56 Å². The average Bonchev–Trinajstić information content (AvgIpc) is 2.32. The van der Waals surface area contributed by atoms with Gasteiger partial charge in [-0.1, -0.05) is 41.9 Å². The van der Waals surface area contributed by atoms with Gasteiger partial charge in [0, 0.05) is 10.6 Å². The van der Waals surface area contributed by atoms with Gasteiger partial charge in [0.25, 0.3) is 0 Å². The summed E-state index contributed by atoms with van der Waals surface area (Å²) in [5.41, 5.74) is 1.27. The van der Waals surface area contributed by atoms with Crippen molar-refractivity contribution in [3.63, 3.8) is 0 Å². The van der Waals surface area contributed by atoms with Crippen molar-refractivity contribution in [2.24, 2.45) is 0 Å². The molecule has 0 unspecified atom stereocenters. The monoisotopic (exact) mass is 250 g/mol. The predicted molar refractivity (Wildman–Crippen MR) is 69.1 cm³/mol. The second-order valence-electron chi connectivity index (χ2n) is 3.39. The van der Waals surface area contributed by atoms with Crippen molar-refractivity contribution in [2.45, 2.75) is 10.6 Å². The lowest BCUT2D eigenvalue weighted by Gasteiger charge is -2.03. The number of phenols is 1. The maximum atomic E-state index is 9.29. The van der Waals surface area contributed by atoms with Gasteiger partial charge in [-0.2, -0.15) is 0 Å². The first-order valence-electron chi connectivity index (χ1n) is 4.91. The van der Waals surface area contributed by atoms with Crippen LogP contribution in [0.4, 0.5) is 0 Å². The molecule has 0 saturated carbocycles. The number of rotatable bonds is 3. The van der Waals surface area contributed by atoms with Gasteiger partial charge in [0.2, 0.25) is 0 Å². The minimum Gasteiger partial charge on any atom is -0.506 e. The minimum atomic E-state index is 0.130. The first-order valence-corrected chi connectivity index (χ1v) is 6.27. The SMILES string of the molecule is Oc1ccc(SCc2ccccc2)cc1Cl. The lowest BCUT2D eigenvalue weighted by molar-refractivity contribution is 0.475. The van der Waals surface area contributed by atoms with Crippen LogP contribution in [-0.4, -0.2) is 5.11 Å². The van der Waals surface area contributed by atoms with Gasteiger partial charge in [0.15, 0.2) is 0 Å². The second-order valence-corrected chi connectivity index (χ2v) is 4.84. The van der Waals surface area contributed by atoms with E-state index in [1.165, 1.54) is 5.56 Å². The van der Waals surface area contributed by atoms with E-state index in [1.807, 2.05) is 24.3 Å². The van der Waals surface area contributed by atoms with Gasteiger partial charge in [0.1, 0.15) is 5.75 Å². The van der Waals surface area contributed by atoms with Crippen LogP contribution in [0, 0.1) is 0 Å². The van der Waals surface area contributed by atoms with E-state index in [2.05, 4.69) is 12.1 Å². The Bertz CT molecular complexity index is 471. The molecule has 0 aliphatic carbocycles. The number of phenolic OH excluding ortho intramolecular Hbond substituents is 1. The second kappa shape index (κ2) is 5.28. The van der Waals surface area contributed by atoms with Crippen LogP contribution < -0.4 is 0 Å². The molecule has 16 heavy (non-hydrogen) atoms. The van der Waals surface area contributed by atoms with E-state index in [0.717, 1.165) is 10.6 Å². The average molecular weight is 251 g/mol. The summed E-state index contributed by atoms with van der Waals surface area (Å²) in [6, 6.07) is 15.5. The van der Waals surface area contributed by atoms with E-state index in [9.17, 15) is 5.11 Å². The summed E-state index contributed by atoms with van der Waals surface area (Å²) in [6.07, 6.45) is 0. The fourth-order valence-corrected chi connectivity index (χ4v) is 2.45. The Labute approximate surface area is 104 Å². The maximum Gasteiger partial charge on any atom is 0.134 e. The normalized spacial score (nSPS) is 10.3. The Morgan fingerprint density at radius 3 is 2.50 bits per heavy atom. The van der Waals surface area contributed by atoms with Gasteiger partial charge in [-0.3, -0.25) is 0 Å². The largest absolute Gasteiger partial charge is 0.506 e. The van der Waals surface area contributed by atoms with E-state index in [0.29, 0.717) is 5.02 Å². The van der Waals surface area contributed by atoms with E-state index in [4.69, 9.17) is 11.6 Å². The first-order chi connectivity index (χ1) is 7.75. The summed E-state index contributed by atoms with van der Waals surface area (Å²) in [6.45, 7) is 0. The molecule has 2 aromatic rings. The maximum absolute atomic E-state index is 9.29. The third-order valence-corrected chi connectivity index (χ3v) is 3.54. The van der Waals surface area contributed by atoms with Crippen LogP contribution in [0.2, 0.25) is 5.02 Å². The fourth-order valence-electron chi connectivity index (χ4n) is 1.32. The van der Waals surface area contributed by atoms with Crippen molar-refractivity contribution < 1.29 is 5.11 Å². The Balaban J connectivity index is 2.03. The van der Waals surface area contributed by atoms with Crippen LogP contribution >= 0.6 is 23.4 Å². The highest BCUT2D eigenvalue weighted by Gasteiger charge is 2.00. The molecule has 0 bridgehead atoms. The topological polar surface area (TPSA) is 20.2 Å². The van der Waals surface area contributed by atoms with Gasteiger partial charge in [-0.05, 0) is 23.8 Å². The molecule has 0 radical (unpaired) electrons. The summed E-state index contributed by atoms with van der Waals surface area (Å²) >= 11 is 7.53. The molecular formula is C13H11ClOS. The number of hydrogen-bond acceptors (Lipinski definition) is 2. The van der Waals surface area contributed by atoms with Crippen molar-refractivity contribution in [1.29, 1.82) is 0 Å². The smallest absolute Gasteiger partial charge is 0.134 e. The van der Waals surface area contributed by atoms with Crippen molar-refractivity contribution in [1.82, 2.24) is 0 Å². The van der Waals surface area contributed by atoms with Crippen LogP contribution in [0.25, 0.3) is 0 Å². The third kappa shape index (κ3) is 2.94. The van der Waals surface area contributed by atoms with Crippen LogP contribution in [0.3, 0.4) is 0 Å². The highest BCUT2D eigenvalue weighted by atomic mass is 35.5. The molecule has 0 saturated heterocycles. The molecule has 0 atom stereocenters. The molecule has 2 aromatic carbocycles. The molecule has 0 heterocycles. The fraction of sp³-hybridized carbons (Fsp3) is 0.0769. The molecule has 2 rings (SSSR count). The third-order valence-electron chi connectivity index (χ3n) is 2.17. The summed E-state index contributed by atoms with van der Waals surface area (Å²) in [5.74, 6) is 1.04. The zero-order valence-electron chi connectivity index (χ0n) is 8.56. The van der Waals surface area contributed by atoms with Gasteiger partial charge >= 0.3 is 0 Å². The molecule has 3 heteroatoms. The van der Waals surface area contributed by atoms with E-state index >= 15 is 0 Å². The molecule has 0 aliphatic heterocycles. The molecule has 1 nitrogen and oxygen atoms in total. The van der Waals surface area contributed by atoms with Crippen molar-refractivity contribution in [3.8, 4) is 5.75 Å². The van der Waals surface area contributed by atoms with Crippen LogP contribution in [0.15, 0.2) is 53.4 Å². The predicted octanol–water partition coefficient (Wildman–Crippen LogP) is 4.34. The number of hydrogen-bond donors (Lipinski definition) is 1. The minimum absolute atomic E-state index is 0.130. The van der Waals surface area contributed by atoms with E-state index in [1.54, 1.807) is 23.9 Å². The zero-order valence-corrected chi connectivity index (χ0v) is 10.1. The lowest BCUT2D eigenvalue weighted by Crippen LogP contribution is -1.79. The van der Waals surface area contributed by atoms with Gasteiger partial charge in [0.05, 0.1) is 5.02 Å². The van der Waals surface area contributed by atoms with Crippen LogP contribution in [0.5, 0.6) is 5.75 Å². The molecule has 0 spiro atoms. The quantitative estimate of drug-likeness (QED) is 0.818. The standard InChI is InChI=1S/C13H11ClOS/c14-12-8-11(6-7-13(12)15)16-9-10-4-2-1-3-5-10/h1-8,15H,9H2. The van der Waals surface area contributed by atoms with Gasteiger partial charge in [-0.15, -0.1) is 11.8 Å². The van der Waals surface area contributed by atoms with E-state index < -0.39 is 0 Å². The first kappa shape index (κ1) is 11.4. The number of thioether (sulfide) groups is 1. The van der Waals surface area contributed by atoms with Gasteiger partial charge < -0.3 is 5.11 Å². The summed E-state index contributed by atoms with van der Waals surface area (Å²) in [7, 11) is 0. The number of benzene rings is 2. The van der Waals surface area contributed by atoms with Gasteiger partial charge in [-0.25, -0.2) is 0 Å². The van der Waals surface area contributed by atoms with E-state index in [-0.39, 0.29) is 5.75 Å². The lowest BCUT2D eigenvalue weighted by atomic mass is 10.2. The highest BCUT2D eigenvalue weighted by Crippen LogP contribution is 2.30. The molecule has 0 amide bonds. The summed E-state index contributed by atoms with van der Waals surface area (Å²) < 4.78 is 0. The number of aromatic hydroxyl groups is 1. The zero-order chi connectivity index (χ0) is 11.4. The Morgan fingerprint density at radius 1 is 1.06 bits per heavy atom. The molecular weight excluding hydrogens is 240 g/mol. The van der Waals surface area contributed by atoms with Crippen LogP contribution in [-0.2, 0) is 5.75 Å². The van der Waals surface area contributed by atoms with Crippen molar-refractivity contribution in [2.75, 3.05) is 0 Å². The highest BCUT2D eigenvalue weighted by molar-refractivity contribution is 7.98. The molecule has 1 N–H and O–H groups in total. The van der Waals surface area contributed by atoms with Crippen molar-refractivity contribution in [3.05, 3.63) is 59.1 Å². The molecule has 82 valence electrons. The molecule has 0 aromatic heterocycles.